The first kappa shape index (κ1) is 20.2. The number of imide groups is 1. The molecular weight excluding hydrogens is 370 g/mol. The zero-order valence-electron chi connectivity index (χ0n) is 16.9. The van der Waals surface area contributed by atoms with Crippen LogP contribution in [0.2, 0.25) is 0 Å². The van der Waals surface area contributed by atoms with Crippen LogP contribution in [0.25, 0.3) is 5.57 Å². The Morgan fingerprint density at radius 1 is 1.00 bits per heavy atom. The van der Waals surface area contributed by atoms with Gasteiger partial charge >= 0.3 is 0 Å². The number of benzene rings is 2. The van der Waals surface area contributed by atoms with E-state index in [1.165, 1.54) is 16.7 Å². The standard InChI is InChI=1S/C23H25NO3S/c1-6-28-21-20(17-9-11-18(12-10-17)27-14(2)3)22(25)24(23(21)26)19-13-15(4)7-8-16(19)5/h7-14H,6H2,1-5H3. The molecule has 1 aliphatic heterocycles. The number of ether oxygens (including phenoxy) is 1. The topological polar surface area (TPSA) is 46.6 Å². The first-order chi connectivity index (χ1) is 13.3. The van der Waals surface area contributed by atoms with Crippen molar-refractivity contribution in [2.75, 3.05) is 10.7 Å². The zero-order valence-corrected chi connectivity index (χ0v) is 17.7. The van der Waals surface area contributed by atoms with Crippen LogP contribution in [0.4, 0.5) is 5.69 Å². The Hall–Kier alpha value is -2.53. The van der Waals surface area contributed by atoms with Gasteiger partial charge in [0.15, 0.2) is 0 Å². The second-order valence-corrected chi connectivity index (χ2v) is 8.34. The van der Waals surface area contributed by atoms with Crippen molar-refractivity contribution in [1.82, 2.24) is 0 Å². The number of rotatable bonds is 6. The first-order valence-electron chi connectivity index (χ1n) is 9.43. The largest absolute Gasteiger partial charge is 0.491 e. The van der Waals surface area contributed by atoms with Gasteiger partial charge in [0.25, 0.3) is 11.8 Å². The molecule has 1 aliphatic rings. The summed E-state index contributed by atoms with van der Waals surface area (Å²) >= 11 is 1.41. The van der Waals surface area contributed by atoms with E-state index < -0.39 is 0 Å². The summed E-state index contributed by atoms with van der Waals surface area (Å²) in [6, 6.07) is 13.2. The lowest BCUT2D eigenvalue weighted by Crippen LogP contribution is -2.32. The summed E-state index contributed by atoms with van der Waals surface area (Å²) in [6.07, 6.45) is 0.0748. The Morgan fingerprint density at radius 2 is 1.68 bits per heavy atom. The van der Waals surface area contributed by atoms with Crippen molar-refractivity contribution in [3.63, 3.8) is 0 Å². The van der Waals surface area contributed by atoms with E-state index in [1.54, 1.807) is 0 Å². The Morgan fingerprint density at radius 3 is 2.29 bits per heavy atom. The minimum atomic E-state index is -0.271. The lowest BCUT2D eigenvalue weighted by Gasteiger charge is -2.18. The second kappa shape index (κ2) is 8.23. The molecule has 2 aromatic rings. The van der Waals surface area contributed by atoms with Crippen molar-refractivity contribution >= 4 is 34.8 Å². The van der Waals surface area contributed by atoms with Gasteiger partial charge in [-0.05, 0) is 68.3 Å². The molecule has 2 amide bonds. The van der Waals surface area contributed by atoms with Crippen LogP contribution >= 0.6 is 11.8 Å². The summed E-state index contributed by atoms with van der Waals surface area (Å²) in [5.41, 5.74) is 3.76. The van der Waals surface area contributed by atoms with Crippen molar-refractivity contribution in [3.05, 3.63) is 64.1 Å². The van der Waals surface area contributed by atoms with Gasteiger partial charge in [0.05, 0.1) is 22.3 Å². The van der Waals surface area contributed by atoms with E-state index >= 15 is 0 Å². The number of amides is 2. The summed E-state index contributed by atoms with van der Waals surface area (Å²) in [4.78, 5) is 28.3. The molecule has 0 radical (unpaired) electrons. The minimum Gasteiger partial charge on any atom is -0.491 e. The predicted molar refractivity (Wildman–Crippen MR) is 116 cm³/mol. The van der Waals surface area contributed by atoms with Crippen molar-refractivity contribution in [2.45, 2.75) is 40.7 Å². The van der Waals surface area contributed by atoms with Crippen LogP contribution < -0.4 is 9.64 Å². The molecule has 0 unspecified atom stereocenters. The van der Waals surface area contributed by atoms with E-state index in [2.05, 4.69) is 0 Å². The van der Waals surface area contributed by atoms with Crippen molar-refractivity contribution in [1.29, 1.82) is 0 Å². The Labute approximate surface area is 170 Å². The van der Waals surface area contributed by atoms with Gasteiger partial charge in [-0.1, -0.05) is 31.2 Å². The lowest BCUT2D eigenvalue weighted by atomic mass is 10.1. The van der Waals surface area contributed by atoms with Gasteiger partial charge in [0.2, 0.25) is 0 Å². The second-order valence-electron chi connectivity index (χ2n) is 7.06. The van der Waals surface area contributed by atoms with Crippen LogP contribution in [-0.4, -0.2) is 23.7 Å². The molecule has 1 heterocycles. The fraction of sp³-hybridized carbons (Fsp3) is 0.304. The first-order valence-corrected chi connectivity index (χ1v) is 10.4. The molecule has 0 aliphatic carbocycles. The van der Waals surface area contributed by atoms with Gasteiger partial charge < -0.3 is 4.74 Å². The van der Waals surface area contributed by atoms with Gasteiger partial charge in [0, 0.05) is 0 Å². The molecule has 0 saturated carbocycles. The summed E-state index contributed by atoms with van der Waals surface area (Å²) in [6.45, 7) is 9.78. The minimum absolute atomic E-state index is 0.0748. The zero-order chi connectivity index (χ0) is 20.4. The summed E-state index contributed by atoms with van der Waals surface area (Å²) in [5.74, 6) is 0.940. The maximum absolute atomic E-state index is 13.3. The monoisotopic (exact) mass is 395 g/mol. The molecule has 5 heteroatoms. The highest BCUT2D eigenvalue weighted by molar-refractivity contribution is 8.04. The molecule has 28 heavy (non-hydrogen) atoms. The normalized spacial score (nSPS) is 14.4. The molecule has 0 spiro atoms. The molecule has 3 rings (SSSR count). The van der Waals surface area contributed by atoms with Crippen molar-refractivity contribution < 1.29 is 14.3 Å². The Bertz CT molecular complexity index is 945. The molecule has 0 aromatic heterocycles. The number of hydrogen-bond donors (Lipinski definition) is 0. The van der Waals surface area contributed by atoms with Crippen LogP contribution in [0.15, 0.2) is 47.4 Å². The molecule has 146 valence electrons. The van der Waals surface area contributed by atoms with Crippen molar-refractivity contribution in [3.8, 4) is 5.75 Å². The summed E-state index contributed by atoms with van der Waals surface area (Å²) < 4.78 is 5.69. The fourth-order valence-corrected chi connectivity index (χ4v) is 4.05. The quantitative estimate of drug-likeness (QED) is 0.636. The third-order valence-electron chi connectivity index (χ3n) is 4.45. The Kier molecular flexibility index (Phi) is 5.94. The van der Waals surface area contributed by atoms with Gasteiger partial charge in [-0.3, -0.25) is 9.59 Å². The average molecular weight is 396 g/mol. The molecule has 2 aromatic carbocycles. The maximum atomic E-state index is 13.3. The van der Waals surface area contributed by atoms with Gasteiger partial charge in [-0.25, -0.2) is 4.90 Å². The van der Waals surface area contributed by atoms with Gasteiger partial charge in [-0.2, -0.15) is 0 Å². The Balaban J connectivity index is 2.04. The van der Waals surface area contributed by atoms with Gasteiger partial charge in [0.1, 0.15) is 5.75 Å². The number of anilines is 1. The van der Waals surface area contributed by atoms with E-state index in [0.29, 0.717) is 21.9 Å². The van der Waals surface area contributed by atoms with Gasteiger partial charge in [-0.15, -0.1) is 11.8 Å². The molecule has 4 nitrogen and oxygen atoms in total. The smallest absolute Gasteiger partial charge is 0.272 e. The number of aryl methyl sites for hydroxylation is 2. The van der Waals surface area contributed by atoms with E-state index in [9.17, 15) is 9.59 Å². The van der Waals surface area contributed by atoms with Crippen molar-refractivity contribution in [2.24, 2.45) is 0 Å². The molecule has 0 fully saturated rings. The van der Waals surface area contributed by atoms with Crippen LogP contribution in [0.3, 0.4) is 0 Å². The third-order valence-corrected chi connectivity index (χ3v) is 5.41. The van der Waals surface area contributed by atoms with E-state index in [-0.39, 0.29) is 17.9 Å². The average Bonchev–Trinajstić information content (AvgIpc) is 2.88. The van der Waals surface area contributed by atoms with E-state index in [1.807, 2.05) is 77.1 Å². The highest BCUT2D eigenvalue weighted by atomic mass is 32.2. The summed E-state index contributed by atoms with van der Waals surface area (Å²) in [7, 11) is 0. The predicted octanol–water partition coefficient (Wildman–Crippen LogP) is 5.13. The SMILES string of the molecule is CCSC1=C(c2ccc(OC(C)C)cc2)C(=O)N(c2cc(C)ccc2C)C1=O. The molecule has 0 bridgehead atoms. The number of carbonyl (C=O) groups is 2. The molecule has 0 atom stereocenters. The van der Waals surface area contributed by atoms with Crippen LogP contribution in [-0.2, 0) is 9.59 Å². The summed E-state index contributed by atoms with van der Waals surface area (Å²) in [5, 5.41) is 0. The highest BCUT2D eigenvalue weighted by Gasteiger charge is 2.40. The van der Waals surface area contributed by atoms with E-state index in [0.717, 1.165) is 22.4 Å². The third kappa shape index (κ3) is 3.85. The molecular formula is C23H25NO3S. The van der Waals surface area contributed by atoms with Crippen LogP contribution in [0.1, 0.15) is 37.5 Å². The maximum Gasteiger partial charge on any atom is 0.272 e. The number of hydrogen-bond acceptors (Lipinski definition) is 4. The number of thioether (sulfide) groups is 1. The number of nitrogens with zero attached hydrogens (tertiary/aromatic N) is 1. The van der Waals surface area contributed by atoms with Crippen LogP contribution in [0, 0.1) is 13.8 Å². The fourth-order valence-electron chi connectivity index (χ4n) is 3.19. The molecule has 0 saturated heterocycles. The van der Waals surface area contributed by atoms with E-state index in [4.69, 9.17) is 4.74 Å². The lowest BCUT2D eigenvalue weighted by molar-refractivity contribution is -0.119. The molecule has 0 N–H and O–H groups in total. The highest BCUT2D eigenvalue weighted by Crippen LogP contribution is 2.39. The van der Waals surface area contributed by atoms with Crippen LogP contribution in [0.5, 0.6) is 5.75 Å². The number of carbonyl (C=O) groups excluding carboxylic acids is 2.